The van der Waals surface area contributed by atoms with Gasteiger partial charge in [-0.1, -0.05) is 11.2 Å². The van der Waals surface area contributed by atoms with Gasteiger partial charge in [-0.05, 0) is 28.1 Å². The summed E-state index contributed by atoms with van der Waals surface area (Å²) in [6.07, 6.45) is 0. The van der Waals surface area contributed by atoms with Gasteiger partial charge in [-0.15, -0.1) is 5.10 Å². The summed E-state index contributed by atoms with van der Waals surface area (Å²) in [5, 5.41) is 9.53. The monoisotopic (exact) mass is 299 g/mol. The Morgan fingerprint density at radius 3 is 2.88 bits per heavy atom. The third kappa shape index (κ3) is 2.50. The van der Waals surface area contributed by atoms with Gasteiger partial charge in [0.05, 0.1) is 10.0 Å². The molecule has 1 amide bonds. The molecule has 1 aromatic heterocycles. The van der Waals surface area contributed by atoms with Crippen LogP contribution in [-0.2, 0) is 0 Å². The molecule has 0 spiro atoms. The first-order chi connectivity index (χ1) is 8.08. The van der Waals surface area contributed by atoms with Gasteiger partial charge >= 0.3 is 6.01 Å². The predicted molar refractivity (Wildman–Crippen MR) is 61.1 cm³/mol. The molecule has 0 bridgehead atoms. The molecule has 0 aliphatic carbocycles. The molecule has 0 radical (unpaired) electrons. The average Bonchev–Trinajstić information content (AvgIpc) is 2.68. The molecule has 17 heavy (non-hydrogen) atoms. The van der Waals surface area contributed by atoms with Crippen LogP contribution in [0.15, 0.2) is 27.1 Å². The summed E-state index contributed by atoms with van der Waals surface area (Å²) in [4.78, 5) is 11.8. The van der Waals surface area contributed by atoms with Crippen molar-refractivity contribution in [3.05, 3.63) is 39.9 Å². The second-order valence-corrected chi connectivity index (χ2v) is 3.97. The highest BCUT2D eigenvalue weighted by molar-refractivity contribution is 9.10. The summed E-state index contributed by atoms with van der Waals surface area (Å²) in [7, 11) is 0. The minimum absolute atomic E-state index is 0.0244. The van der Waals surface area contributed by atoms with E-state index in [1.807, 2.05) is 0 Å². The summed E-state index contributed by atoms with van der Waals surface area (Å²) < 4.78 is 18.3. The molecule has 2 rings (SSSR count). The van der Waals surface area contributed by atoms with Crippen molar-refractivity contribution in [3.8, 4) is 0 Å². The smallest absolute Gasteiger partial charge is 0.322 e. The topological polar surface area (TPSA) is 68.0 Å². The molecule has 0 unspecified atom stereocenters. The minimum atomic E-state index is -0.528. The zero-order chi connectivity index (χ0) is 12.4. The van der Waals surface area contributed by atoms with E-state index in [0.29, 0.717) is 5.89 Å². The van der Waals surface area contributed by atoms with Crippen molar-refractivity contribution in [3.63, 3.8) is 0 Å². The van der Waals surface area contributed by atoms with E-state index >= 15 is 0 Å². The molecule has 1 N–H and O–H groups in total. The summed E-state index contributed by atoms with van der Waals surface area (Å²) in [6.45, 7) is 1.60. The lowest BCUT2D eigenvalue weighted by Gasteiger charge is -2.03. The number of amides is 1. The zero-order valence-electron chi connectivity index (χ0n) is 8.70. The van der Waals surface area contributed by atoms with Crippen molar-refractivity contribution in [1.82, 2.24) is 10.2 Å². The number of carbonyl (C=O) groups is 1. The van der Waals surface area contributed by atoms with Crippen LogP contribution in [-0.4, -0.2) is 16.1 Å². The van der Waals surface area contributed by atoms with E-state index in [1.165, 1.54) is 18.2 Å². The van der Waals surface area contributed by atoms with E-state index in [1.54, 1.807) is 6.92 Å². The average molecular weight is 300 g/mol. The van der Waals surface area contributed by atoms with Crippen LogP contribution in [0.5, 0.6) is 0 Å². The van der Waals surface area contributed by atoms with Crippen molar-refractivity contribution < 1.29 is 13.6 Å². The molecule has 0 saturated heterocycles. The lowest BCUT2D eigenvalue weighted by Crippen LogP contribution is -2.13. The van der Waals surface area contributed by atoms with Gasteiger partial charge in [0.1, 0.15) is 5.82 Å². The summed E-state index contributed by atoms with van der Waals surface area (Å²) >= 11 is 3.00. The van der Waals surface area contributed by atoms with E-state index < -0.39 is 11.7 Å². The van der Waals surface area contributed by atoms with Crippen LogP contribution in [0.2, 0.25) is 0 Å². The van der Waals surface area contributed by atoms with Gasteiger partial charge in [0, 0.05) is 6.92 Å². The number of nitrogens with one attached hydrogen (secondary N) is 1. The molecule has 2 aromatic rings. The standard InChI is InChI=1S/C10H7BrFN3O2/c1-5-14-15-10(17-5)13-9(16)6-3-2-4-7(12)8(6)11/h2-4H,1H3,(H,13,15,16). The van der Waals surface area contributed by atoms with Crippen molar-refractivity contribution >= 4 is 27.9 Å². The van der Waals surface area contributed by atoms with Gasteiger partial charge in [-0.3, -0.25) is 10.1 Å². The number of aryl methyl sites for hydroxylation is 1. The maximum absolute atomic E-state index is 13.2. The molecular formula is C10H7BrFN3O2. The third-order valence-electron chi connectivity index (χ3n) is 1.94. The number of halogens is 2. The molecule has 0 atom stereocenters. The minimum Gasteiger partial charge on any atom is -0.408 e. The highest BCUT2D eigenvalue weighted by atomic mass is 79.9. The van der Waals surface area contributed by atoms with Crippen LogP contribution in [0.3, 0.4) is 0 Å². The molecule has 0 saturated carbocycles. The quantitative estimate of drug-likeness (QED) is 0.925. The Hall–Kier alpha value is -1.76. The number of aromatic nitrogens is 2. The van der Waals surface area contributed by atoms with Gasteiger partial charge in [-0.25, -0.2) is 4.39 Å². The molecule has 88 valence electrons. The Balaban J connectivity index is 2.23. The second kappa shape index (κ2) is 4.62. The Bertz CT molecular complexity index is 570. The van der Waals surface area contributed by atoms with Crippen LogP contribution < -0.4 is 5.32 Å². The molecule has 0 aliphatic heterocycles. The first kappa shape index (κ1) is 11.7. The fraction of sp³-hybridized carbons (Fsp3) is 0.100. The van der Waals surface area contributed by atoms with Crippen LogP contribution >= 0.6 is 15.9 Å². The molecular weight excluding hydrogens is 293 g/mol. The number of hydrogen-bond acceptors (Lipinski definition) is 4. The van der Waals surface area contributed by atoms with E-state index in [2.05, 4.69) is 31.4 Å². The number of carbonyl (C=O) groups excluding carboxylic acids is 1. The lowest BCUT2D eigenvalue weighted by atomic mass is 10.2. The number of rotatable bonds is 2. The third-order valence-corrected chi connectivity index (χ3v) is 2.75. The normalized spacial score (nSPS) is 10.3. The maximum atomic E-state index is 13.2. The molecule has 7 heteroatoms. The van der Waals surface area contributed by atoms with E-state index in [-0.39, 0.29) is 16.1 Å². The number of hydrogen-bond donors (Lipinski definition) is 1. The molecule has 1 heterocycles. The SMILES string of the molecule is Cc1nnc(NC(=O)c2cccc(F)c2Br)o1. The number of nitrogens with zero attached hydrogens (tertiary/aromatic N) is 2. The molecule has 0 aliphatic rings. The summed E-state index contributed by atoms with van der Waals surface area (Å²) in [6, 6.07) is 4.14. The van der Waals surface area contributed by atoms with Crippen molar-refractivity contribution in [2.45, 2.75) is 6.92 Å². The number of anilines is 1. The molecule has 1 aromatic carbocycles. The second-order valence-electron chi connectivity index (χ2n) is 3.18. The Labute approximate surface area is 104 Å². The van der Waals surface area contributed by atoms with Gasteiger partial charge < -0.3 is 4.42 Å². The largest absolute Gasteiger partial charge is 0.408 e. The highest BCUT2D eigenvalue weighted by Crippen LogP contribution is 2.21. The maximum Gasteiger partial charge on any atom is 0.322 e. The highest BCUT2D eigenvalue weighted by Gasteiger charge is 2.15. The van der Waals surface area contributed by atoms with Crippen molar-refractivity contribution in [1.29, 1.82) is 0 Å². The molecule has 0 fully saturated rings. The zero-order valence-corrected chi connectivity index (χ0v) is 10.3. The van der Waals surface area contributed by atoms with Crippen LogP contribution in [0.25, 0.3) is 0 Å². The van der Waals surface area contributed by atoms with Crippen molar-refractivity contribution in [2.24, 2.45) is 0 Å². The van der Waals surface area contributed by atoms with Crippen LogP contribution in [0.4, 0.5) is 10.4 Å². The van der Waals surface area contributed by atoms with Gasteiger partial charge in [0.2, 0.25) is 5.89 Å². The fourth-order valence-corrected chi connectivity index (χ4v) is 1.64. The van der Waals surface area contributed by atoms with Gasteiger partial charge in [-0.2, -0.15) is 0 Å². The Kier molecular flexibility index (Phi) is 3.19. The fourth-order valence-electron chi connectivity index (χ4n) is 1.19. The summed E-state index contributed by atoms with van der Waals surface area (Å²) in [5.74, 6) is -0.710. The first-order valence-electron chi connectivity index (χ1n) is 4.63. The van der Waals surface area contributed by atoms with Crippen LogP contribution in [0, 0.1) is 12.7 Å². The lowest BCUT2D eigenvalue weighted by molar-refractivity contribution is 0.102. The first-order valence-corrected chi connectivity index (χ1v) is 5.42. The predicted octanol–water partition coefficient (Wildman–Crippen LogP) is 2.53. The Morgan fingerprint density at radius 2 is 2.24 bits per heavy atom. The van der Waals surface area contributed by atoms with E-state index in [4.69, 9.17) is 4.42 Å². The number of benzene rings is 1. The van der Waals surface area contributed by atoms with Crippen molar-refractivity contribution in [2.75, 3.05) is 5.32 Å². The molecule has 5 nitrogen and oxygen atoms in total. The van der Waals surface area contributed by atoms with Crippen LogP contribution in [0.1, 0.15) is 16.2 Å². The van der Waals surface area contributed by atoms with E-state index in [0.717, 1.165) is 0 Å². The Morgan fingerprint density at radius 1 is 1.47 bits per heavy atom. The van der Waals surface area contributed by atoms with Gasteiger partial charge in [0.25, 0.3) is 5.91 Å². The summed E-state index contributed by atoms with van der Waals surface area (Å²) in [5.41, 5.74) is 0.154. The van der Waals surface area contributed by atoms with E-state index in [9.17, 15) is 9.18 Å². The van der Waals surface area contributed by atoms with Gasteiger partial charge in [0.15, 0.2) is 0 Å².